The number of ether oxygens (including phenoxy) is 1. The third-order valence-electron chi connectivity index (χ3n) is 5.95. The molecular weight excluding hydrogens is 446 g/mol. The fraction of sp³-hybridized carbons (Fsp3) is 0.259. The number of alkyl carbamates (subject to hydrolysis) is 1. The molecule has 2 aromatic carbocycles. The number of nitrogens with one attached hydrogen (secondary N) is 2. The molecule has 35 heavy (non-hydrogen) atoms. The highest BCUT2D eigenvalue weighted by Crippen LogP contribution is 2.44. The quantitative estimate of drug-likeness (QED) is 0.425. The standard InChI is InChI=1S/C27H27N3O5/c1-2-7-24(26(33)29-18-13-12-17(28-15-18)14-25(31)32)30-27(34)35-16-23-21-10-5-3-8-19(21)20-9-4-6-11-22(20)23/h3-6,8-13,15,23-24H,2,7,14,16H2,1H3,(H,29,33)(H,30,34)(H,31,32). The van der Waals surface area contributed by atoms with Crippen molar-refractivity contribution in [2.24, 2.45) is 0 Å². The smallest absolute Gasteiger partial charge is 0.407 e. The van der Waals surface area contributed by atoms with Crippen LogP contribution in [0.2, 0.25) is 0 Å². The van der Waals surface area contributed by atoms with Crippen LogP contribution in [-0.4, -0.2) is 40.7 Å². The Hall–Kier alpha value is -4.20. The van der Waals surface area contributed by atoms with Crippen LogP contribution in [0.5, 0.6) is 0 Å². The lowest BCUT2D eigenvalue weighted by Gasteiger charge is -2.19. The minimum atomic E-state index is -0.982. The van der Waals surface area contributed by atoms with Crippen LogP contribution in [0, 0.1) is 0 Å². The molecule has 0 spiro atoms. The zero-order valence-corrected chi connectivity index (χ0v) is 19.4. The summed E-state index contributed by atoms with van der Waals surface area (Å²) < 4.78 is 5.57. The molecule has 3 aromatic rings. The van der Waals surface area contributed by atoms with Crippen molar-refractivity contribution in [1.82, 2.24) is 10.3 Å². The first-order valence-electron chi connectivity index (χ1n) is 11.6. The monoisotopic (exact) mass is 473 g/mol. The molecule has 0 bridgehead atoms. The average molecular weight is 474 g/mol. The highest BCUT2D eigenvalue weighted by molar-refractivity contribution is 5.96. The maximum Gasteiger partial charge on any atom is 0.407 e. The van der Waals surface area contributed by atoms with Crippen molar-refractivity contribution in [1.29, 1.82) is 0 Å². The number of rotatable bonds is 9. The Bertz CT molecular complexity index is 1180. The molecule has 1 heterocycles. The first-order valence-corrected chi connectivity index (χ1v) is 11.6. The third-order valence-corrected chi connectivity index (χ3v) is 5.95. The van der Waals surface area contributed by atoms with Crippen molar-refractivity contribution >= 4 is 23.7 Å². The first-order chi connectivity index (χ1) is 17.0. The molecule has 0 radical (unpaired) electrons. The number of fused-ring (bicyclic) bond motifs is 3. The number of hydrogen-bond acceptors (Lipinski definition) is 5. The van der Waals surface area contributed by atoms with Crippen LogP contribution >= 0.6 is 0 Å². The molecule has 1 atom stereocenters. The maximum atomic E-state index is 12.8. The molecule has 0 saturated carbocycles. The summed E-state index contributed by atoms with van der Waals surface area (Å²) in [7, 11) is 0. The number of carboxylic acids is 1. The molecule has 8 nitrogen and oxygen atoms in total. The van der Waals surface area contributed by atoms with Gasteiger partial charge in [0.1, 0.15) is 12.6 Å². The van der Waals surface area contributed by atoms with Gasteiger partial charge in [-0.25, -0.2) is 4.79 Å². The van der Waals surface area contributed by atoms with Crippen molar-refractivity contribution in [3.8, 4) is 11.1 Å². The van der Waals surface area contributed by atoms with Gasteiger partial charge in [-0.05, 0) is 40.8 Å². The lowest BCUT2D eigenvalue weighted by atomic mass is 9.98. The number of benzene rings is 2. The molecule has 180 valence electrons. The molecule has 3 N–H and O–H groups in total. The second kappa shape index (κ2) is 10.8. The number of pyridine rings is 1. The molecule has 8 heteroatoms. The lowest BCUT2D eigenvalue weighted by molar-refractivity contribution is -0.136. The summed E-state index contributed by atoms with van der Waals surface area (Å²) in [6, 6.07) is 18.5. The van der Waals surface area contributed by atoms with Gasteiger partial charge in [-0.3, -0.25) is 14.6 Å². The van der Waals surface area contributed by atoms with Crippen molar-refractivity contribution in [2.75, 3.05) is 11.9 Å². The Morgan fingerprint density at radius 3 is 2.23 bits per heavy atom. The van der Waals surface area contributed by atoms with E-state index in [0.29, 0.717) is 24.2 Å². The summed E-state index contributed by atoms with van der Waals surface area (Å²) in [4.78, 5) is 40.3. The van der Waals surface area contributed by atoms with Crippen LogP contribution in [0.1, 0.15) is 42.5 Å². The normalized spacial score (nSPS) is 12.8. The van der Waals surface area contributed by atoms with Crippen LogP contribution in [0.4, 0.5) is 10.5 Å². The first kappa shape index (κ1) is 23.9. The molecule has 2 amide bonds. The largest absolute Gasteiger partial charge is 0.481 e. The van der Waals surface area contributed by atoms with Crippen molar-refractivity contribution in [3.63, 3.8) is 0 Å². The highest BCUT2D eigenvalue weighted by Gasteiger charge is 2.29. The van der Waals surface area contributed by atoms with Crippen LogP contribution in [0.3, 0.4) is 0 Å². The van der Waals surface area contributed by atoms with Crippen LogP contribution < -0.4 is 10.6 Å². The number of carbonyl (C=O) groups excluding carboxylic acids is 2. The molecule has 1 unspecified atom stereocenters. The summed E-state index contributed by atoms with van der Waals surface area (Å²) in [6.07, 6.45) is 1.65. The Balaban J connectivity index is 1.37. The topological polar surface area (TPSA) is 118 Å². The van der Waals surface area contributed by atoms with Gasteiger partial charge in [-0.2, -0.15) is 0 Å². The zero-order valence-electron chi connectivity index (χ0n) is 19.4. The molecule has 1 aliphatic carbocycles. The molecule has 4 rings (SSSR count). The summed E-state index contributed by atoms with van der Waals surface area (Å²) >= 11 is 0. The van der Waals surface area contributed by atoms with E-state index in [4.69, 9.17) is 9.84 Å². The van der Waals surface area contributed by atoms with E-state index in [2.05, 4.69) is 27.8 Å². The van der Waals surface area contributed by atoms with Gasteiger partial charge in [-0.1, -0.05) is 61.9 Å². The Labute approximate surface area is 203 Å². The number of carboxylic acid groups (broad SMARTS) is 1. The van der Waals surface area contributed by atoms with E-state index in [-0.39, 0.29) is 18.9 Å². The summed E-state index contributed by atoms with van der Waals surface area (Å²) in [5.41, 5.74) is 5.31. The number of anilines is 1. The summed E-state index contributed by atoms with van der Waals surface area (Å²) in [6.45, 7) is 2.08. The van der Waals surface area contributed by atoms with Crippen molar-refractivity contribution in [2.45, 2.75) is 38.1 Å². The number of aliphatic carboxylic acids is 1. The van der Waals surface area contributed by atoms with Gasteiger partial charge in [0.05, 0.1) is 24.0 Å². The van der Waals surface area contributed by atoms with Crippen molar-refractivity contribution < 1.29 is 24.2 Å². The predicted octanol–water partition coefficient (Wildman–Crippen LogP) is 4.35. The zero-order chi connectivity index (χ0) is 24.8. The molecule has 1 aliphatic rings. The van der Waals surface area contributed by atoms with Crippen LogP contribution in [-0.2, 0) is 20.7 Å². The average Bonchev–Trinajstić information content (AvgIpc) is 3.17. The fourth-order valence-electron chi connectivity index (χ4n) is 4.33. The van der Waals surface area contributed by atoms with Gasteiger partial charge in [0, 0.05) is 5.92 Å². The van der Waals surface area contributed by atoms with E-state index in [1.807, 2.05) is 43.3 Å². The van der Waals surface area contributed by atoms with Crippen molar-refractivity contribution in [3.05, 3.63) is 83.7 Å². The second-order valence-corrected chi connectivity index (χ2v) is 8.41. The maximum absolute atomic E-state index is 12.8. The van der Waals surface area contributed by atoms with Gasteiger partial charge in [0.2, 0.25) is 5.91 Å². The number of aromatic nitrogens is 1. The van der Waals surface area contributed by atoms with E-state index in [0.717, 1.165) is 22.3 Å². The lowest BCUT2D eigenvalue weighted by Crippen LogP contribution is -2.44. The fourth-order valence-corrected chi connectivity index (χ4v) is 4.33. The van der Waals surface area contributed by atoms with E-state index >= 15 is 0 Å². The second-order valence-electron chi connectivity index (χ2n) is 8.41. The highest BCUT2D eigenvalue weighted by atomic mass is 16.5. The van der Waals surface area contributed by atoms with E-state index in [1.54, 1.807) is 6.07 Å². The van der Waals surface area contributed by atoms with Gasteiger partial charge in [0.15, 0.2) is 0 Å². The van der Waals surface area contributed by atoms with Crippen LogP contribution in [0.25, 0.3) is 11.1 Å². The minimum absolute atomic E-state index is 0.0676. The number of nitrogens with zero attached hydrogens (tertiary/aromatic N) is 1. The SMILES string of the molecule is CCCC(NC(=O)OCC1c2ccccc2-c2ccccc21)C(=O)Nc1ccc(CC(=O)O)nc1. The molecule has 0 aliphatic heterocycles. The molecule has 0 fully saturated rings. The number of hydrogen-bond donors (Lipinski definition) is 3. The third kappa shape index (κ3) is 5.66. The molecular formula is C27H27N3O5. The minimum Gasteiger partial charge on any atom is -0.481 e. The molecule has 1 aromatic heterocycles. The van der Waals surface area contributed by atoms with E-state index in [9.17, 15) is 14.4 Å². The van der Waals surface area contributed by atoms with Gasteiger partial charge in [0.25, 0.3) is 0 Å². The van der Waals surface area contributed by atoms with E-state index in [1.165, 1.54) is 12.3 Å². The number of carbonyl (C=O) groups is 3. The Morgan fingerprint density at radius 2 is 1.66 bits per heavy atom. The predicted molar refractivity (Wildman–Crippen MR) is 131 cm³/mol. The Kier molecular flexibility index (Phi) is 7.40. The van der Waals surface area contributed by atoms with Gasteiger partial charge < -0.3 is 20.5 Å². The van der Waals surface area contributed by atoms with E-state index < -0.39 is 24.0 Å². The number of amides is 2. The van der Waals surface area contributed by atoms with Gasteiger partial charge in [-0.15, -0.1) is 0 Å². The molecule has 0 saturated heterocycles. The summed E-state index contributed by atoms with van der Waals surface area (Å²) in [5, 5.41) is 14.2. The summed E-state index contributed by atoms with van der Waals surface area (Å²) in [5.74, 6) is -1.44. The van der Waals surface area contributed by atoms with Gasteiger partial charge >= 0.3 is 12.1 Å². The Morgan fingerprint density at radius 1 is 1.00 bits per heavy atom. The van der Waals surface area contributed by atoms with Crippen LogP contribution in [0.15, 0.2) is 66.9 Å².